The van der Waals surface area contributed by atoms with E-state index in [9.17, 15) is 0 Å². The Morgan fingerprint density at radius 3 is 2.60 bits per heavy atom. The van der Waals surface area contributed by atoms with Crippen LogP contribution >= 0.6 is 11.6 Å². The molecule has 0 saturated heterocycles. The lowest BCUT2D eigenvalue weighted by Gasteiger charge is -2.00. The van der Waals surface area contributed by atoms with Gasteiger partial charge in [0, 0.05) is 18.9 Å². The number of aromatic nitrogens is 4. The molecule has 2 aromatic rings. The zero-order valence-electron chi connectivity index (χ0n) is 8.82. The van der Waals surface area contributed by atoms with E-state index in [1.807, 2.05) is 25.6 Å². The first kappa shape index (κ1) is 10.1. The maximum Gasteiger partial charge on any atom is 0.164 e. The van der Waals surface area contributed by atoms with Gasteiger partial charge in [-0.1, -0.05) is 11.6 Å². The molecule has 0 bridgehead atoms. The van der Waals surface area contributed by atoms with Crippen LogP contribution in [0.15, 0.2) is 12.3 Å². The number of rotatable bonds is 1. The van der Waals surface area contributed by atoms with Crippen LogP contribution in [-0.4, -0.2) is 19.7 Å². The second kappa shape index (κ2) is 3.62. The van der Waals surface area contributed by atoms with Gasteiger partial charge in [0.1, 0.15) is 5.15 Å². The van der Waals surface area contributed by atoms with E-state index in [0.717, 1.165) is 17.0 Å². The summed E-state index contributed by atoms with van der Waals surface area (Å²) in [5, 5.41) is 4.76. The predicted molar refractivity (Wildman–Crippen MR) is 58.7 cm³/mol. The minimum absolute atomic E-state index is 0.447. The van der Waals surface area contributed by atoms with E-state index in [2.05, 4.69) is 15.1 Å². The molecule has 0 spiro atoms. The van der Waals surface area contributed by atoms with Gasteiger partial charge in [-0.3, -0.25) is 4.68 Å². The van der Waals surface area contributed by atoms with Gasteiger partial charge in [0.2, 0.25) is 0 Å². The number of hydrogen-bond acceptors (Lipinski definition) is 3. The van der Waals surface area contributed by atoms with Crippen LogP contribution in [0.5, 0.6) is 0 Å². The highest BCUT2D eigenvalue weighted by Crippen LogP contribution is 2.23. The fourth-order valence-corrected chi connectivity index (χ4v) is 1.69. The standard InChI is InChI=1S/C10H11ClN4/c1-6-9(7(2)15(3)14-6)10-12-5-4-8(11)13-10/h4-5H,1-3H3. The third-order valence-corrected chi connectivity index (χ3v) is 2.56. The lowest BCUT2D eigenvalue weighted by molar-refractivity contribution is 0.731. The van der Waals surface area contributed by atoms with Crippen molar-refractivity contribution in [2.24, 2.45) is 7.05 Å². The van der Waals surface area contributed by atoms with Gasteiger partial charge >= 0.3 is 0 Å². The number of halogens is 1. The zero-order chi connectivity index (χ0) is 11.0. The second-order valence-corrected chi connectivity index (χ2v) is 3.76. The van der Waals surface area contributed by atoms with Crippen LogP contribution in [0.3, 0.4) is 0 Å². The van der Waals surface area contributed by atoms with Crippen LogP contribution in [0.4, 0.5) is 0 Å². The van der Waals surface area contributed by atoms with E-state index in [0.29, 0.717) is 11.0 Å². The molecular formula is C10H11ClN4. The van der Waals surface area contributed by atoms with Crippen LogP contribution in [-0.2, 0) is 7.05 Å². The SMILES string of the molecule is Cc1nn(C)c(C)c1-c1nccc(Cl)n1. The Bertz CT molecular complexity index is 504. The van der Waals surface area contributed by atoms with Gasteiger partial charge in [-0.05, 0) is 19.9 Å². The molecule has 0 aliphatic carbocycles. The minimum atomic E-state index is 0.447. The summed E-state index contributed by atoms with van der Waals surface area (Å²) in [5.41, 5.74) is 2.91. The van der Waals surface area contributed by atoms with E-state index in [-0.39, 0.29) is 0 Å². The molecule has 0 aliphatic rings. The normalized spacial score (nSPS) is 10.7. The average molecular weight is 223 g/mol. The van der Waals surface area contributed by atoms with Crippen molar-refractivity contribution in [2.45, 2.75) is 13.8 Å². The third kappa shape index (κ3) is 1.72. The number of nitrogens with zero attached hydrogens (tertiary/aromatic N) is 4. The topological polar surface area (TPSA) is 43.6 Å². The van der Waals surface area contributed by atoms with Gasteiger partial charge in [-0.2, -0.15) is 5.10 Å². The van der Waals surface area contributed by atoms with E-state index in [1.165, 1.54) is 0 Å². The molecule has 0 aromatic carbocycles. The molecule has 5 heteroatoms. The Hall–Kier alpha value is -1.42. The van der Waals surface area contributed by atoms with Gasteiger partial charge in [0.05, 0.1) is 11.3 Å². The Morgan fingerprint density at radius 2 is 2.07 bits per heavy atom. The Morgan fingerprint density at radius 1 is 1.33 bits per heavy atom. The van der Waals surface area contributed by atoms with E-state index >= 15 is 0 Å². The highest BCUT2D eigenvalue weighted by Gasteiger charge is 2.13. The van der Waals surface area contributed by atoms with Crippen LogP contribution in [0.2, 0.25) is 5.15 Å². The first-order chi connectivity index (χ1) is 7.09. The quantitative estimate of drug-likeness (QED) is 0.695. The monoisotopic (exact) mass is 222 g/mol. The first-order valence-electron chi connectivity index (χ1n) is 4.58. The van der Waals surface area contributed by atoms with Crippen molar-refractivity contribution in [3.8, 4) is 11.4 Å². The van der Waals surface area contributed by atoms with Crippen molar-refractivity contribution in [3.63, 3.8) is 0 Å². The molecule has 2 rings (SSSR count). The van der Waals surface area contributed by atoms with Crippen molar-refractivity contribution in [2.75, 3.05) is 0 Å². The van der Waals surface area contributed by atoms with E-state index in [4.69, 9.17) is 11.6 Å². The Balaban J connectivity index is 2.63. The second-order valence-electron chi connectivity index (χ2n) is 3.37. The maximum atomic E-state index is 5.83. The molecule has 4 nitrogen and oxygen atoms in total. The molecule has 0 saturated carbocycles. The highest BCUT2D eigenvalue weighted by atomic mass is 35.5. The van der Waals surface area contributed by atoms with Crippen molar-refractivity contribution < 1.29 is 0 Å². The summed E-state index contributed by atoms with van der Waals surface area (Å²) >= 11 is 5.83. The Kier molecular flexibility index (Phi) is 2.44. The van der Waals surface area contributed by atoms with Gasteiger partial charge in [-0.15, -0.1) is 0 Å². The fraction of sp³-hybridized carbons (Fsp3) is 0.300. The number of aryl methyl sites for hydroxylation is 2. The molecule has 0 aliphatic heterocycles. The van der Waals surface area contributed by atoms with Crippen molar-refractivity contribution in [1.82, 2.24) is 19.7 Å². The molecule has 0 atom stereocenters. The molecule has 0 fully saturated rings. The molecule has 0 unspecified atom stereocenters. The average Bonchev–Trinajstić information content (AvgIpc) is 2.41. The van der Waals surface area contributed by atoms with Gasteiger partial charge in [0.15, 0.2) is 5.82 Å². The smallest absolute Gasteiger partial charge is 0.164 e. The van der Waals surface area contributed by atoms with Crippen LogP contribution in [0, 0.1) is 13.8 Å². The predicted octanol–water partition coefficient (Wildman–Crippen LogP) is 2.15. The summed E-state index contributed by atoms with van der Waals surface area (Å²) < 4.78 is 1.81. The molecule has 2 aromatic heterocycles. The summed E-state index contributed by atoms with van der Waals surface area (Å²) in [6.07, 6.45) is 1.65. The lowest BCUT2D eigenvalue weighted by Crippen LogP contribution is -1.94. The maximum absolute atomic E-state index is 5.83. The molecule has 0 N–H and O–H groups in total. The van der Waals surface area contributed by atoms with Crippen LogP contribution < -0.4 is 0 Å². The van der Waals surface area contributed by atoms with Crippen molar-refractivity contribution in [1.29, 1.82) is 0 Å². The first-order valence-corrected chi connectivity index (χ1v) is 4.96. The third-order valence-electron chi connectivity index (χ3n) is 2.35. The van der Waals surface area contributed by atoms with Crippen LogP contribution in [0.1, 0.15) is 11.4 Å². The summed E-state index contributed by atoms with van der Waals surface area (Å²) in [5.74, 6) is 0.630. The summed E-state index contributed by atoms with van der Waals surface area (Å²) in [6.45, 7) is 3.92. The molecule has 15 heavy (non-hydrogen) atoms. The summed E-state index contributed by atoms with van der Waals surface area (Å²) in [6, 6.07) is 1.66. The van der Waals surface area contributed by atoms with E-state index in [1.54, 1.807) is 12.3 Å². The lowest BCUT2D eigenvalue weighted by atomic mass is 10.2. The van der Waals surface area contributed by atoms with E-state index < -0.39 is 0 Å². The van der Waals surface area contributed by atoms with Gasteiger partial charge < -0.3 is 0 Å². The van der Waals surface area contributed by atoms with Gasteiger partial charge in [0.25, 0.3) is 0 Å². The van der Waals surface area contributed by atoms with Crippen LogP contribution in [0.25, 0.3) is 11.4 Å². The Labute approximate surface area is 92.9 Å². The fourth-order valence-electron chi connectivity index (χ4n) is 1.55. The zero-order valence-corrected chi connectivity index (χ0v) is 9.58. The molecule has 0 amide bonds. The highest BCUT2D eigenvalue weighted by molar-refractivity contribution is 6.29. The van der Waals surface area contributed by atoms with Gasteiger partial charge in [-0.25, -0.2) is 9.97 Å². The summed E-state index contributed by atoms with van der Waals surface area (Å²) in [4.78, 5) is 8.38. The number of hydrogen-bond donors (Lipinski definition) is 0. The molecule has 78 valence electrons. The van der Waals surface area contributed by atoms with Crippen molar-refractivity contribution in [3.05, 3.63) is 28.8 Å². The molecule has 0 radical (unpaired) electrons. The molecule has 2 heterocycles. The largest absolute Gasteiger partial charge is 0.272 e. The van der Waals surface area contributed by atoms with Crippen molar-refractivity contribution >= 4 is 11.6 Å². The minimum Gasteiger partial charge on any atom is -0.272 e. The molecular weight excluding hydrogens is 212 g/mol. The summed E-state index contributed by atoms with van der Waals surface area (Å²) in [7, 11) is 1.90.